The van der Waals surface area contributed by atoms with E-state index in [0.717, 1.165) is 31.4 Å². The van der Waals surface area contributed by atoms with Crippen molar-refractivity contribution < 1.29 is 27.5 Å². The zero-order valence-electron chi connectivity index (χ0n) is 18.8. The molecule has 2 bridgehead atoms. The highest BCUT2D eigenvalue weighted by atomic mass is 19.4. The van der Waals surface area contributed by atoms with Gasteiger partial charge in [0.05, 0.1) is 0 Å². The molecule has 2 fully saturated rings. The normalized spacial score (nSPS) is 26.0. The molecular formula is C25H27F3N2O3. The van der Waals surface area contributed by atoms with Gasteiger partial charge in [0, 0.05) is 34.3 Å². The lowest BCUT2D eigenvalue weighted by atomic mass is 9.74. The van der Waals surface area contributed by atoms with E-state index in [0.29, 0.717) is 11.3 Å². The van der Waals surface area contributed by atoms with Gasteiger partial charge in [0.25, 0.3) is 5.91 Å². The number of alkyl halides is 3. The smallest absolute Gasteiger partial charge is 0.406 e. The van der Waals surface area contributed by atoms with Crippen LogP contribution in [0, 0.1) is 11.3 Å². The van der Waals surface area contributed by atoms with Gasteiger partial charge in [-0.3, -0.25) is 9.59 Å². The first-order chi connectivity index (χ1) is 15.3. The maximum Gasteiger partial charge on any atom is 0.573 e. The topological polar surface area (TPSA) is 67.4 Å². The van der Waals surface area contributed by atoms with Gasteiger partial charge in [-0.05, 0) is 80.1 Å². The molecule has 3 atom stereocenters. The van der Waals surface area contributed by atoms with E-state index in [-0.39, 0.29) is 34.3 Å². The third-order valence-corrected chi connectivity index (χ3v) is 6.45. The van der Waals surface area contributed by atoms with E-state index in [1.807, 2.05) is 0 Å². The van der Waals surface area contributed by atoms with Gasteiger partial charge in [-0.15, -0.1) is 13.2 Å². The first kappa shape index (κ1) is 23.3. The molecule has 0 aliphatic carbocycles. The Bertz CT molecular complexity index is 1050. The summed E-state index contributed by atoms with van der Waals surface area (Å²) in [6.45, 7) is 6.69. The van der Waals surface area contributed by atoms with Crippen molar-refractivity contribution in [2.75, 3.05) is 5.32 Å². The molecule has 2 N–H and O–H groups in total. The average Bonchev–Trinajstić information content (AvgIpc) is 2.96. The van der Waals surface area contributed by atoms with Crippen LogP contribution in [0.1, 0.15) is 60.7 Å². The summed E-state index contributed by atoms with van der Waals surface area (Å²) in [5.74, 6) is -0.844. The highest BCUT2D eigenvalue weighted by Crippen LogP contribution is 2.48. The lowest BCUT2D eigenvalue weighted by molar-refractivity contribution is -0.274. The van der Waals surface area contributed by atoms with Crippen LogP contribution in [0.5, 0.6) is 5.75 Å². The van der Waals surface area contributed by atoms with Crippen LogP contribution in [0.3, 0.4) is 0 Å². The molecule has 2 heterocycles. The van der Waals surface area contributed by atoms with Crippen LogP contribution in [0.2, 0.25) is 0 Å². The third-order valence-electron chi connectivity index (χ3n) is 6.45. The van der Waals surface area contributed by atoms with Crippen LogP contribution in [0.15, 0.2) is 48.5 Å². The summed E-state index contributed by atoms with van der Waals surface area (Å²) < 4.78 is 40.6. The SMILES string of the molecule is CC1(C)CC2NC(C)(CC2C(=O)c2ccc(NC(=O)c3ccc(OC(F)(F)F)cc3)cc2)C1. The first-order valence-corrected chi connectivity index (χ1v) is 10.9. The summed E-state index contributed by atoms with van der Waals surface area (Å²) in [4.78, 5) is 25.6. The number of hydrogen-bond donors (Lipinski definition) is 2. The second-order valence-corrected chi connectivity index (χ2v) is 10.1. The average molecular weight is 460 g/mol. The van der Waals surface area contributed by atoms with Gasteiger partial charge in [0.1, 0.15) is 5.75 Å². The van der Waals surface area contributed by atoms with E-state index in [2.05, 4.69) is 36.1 Å². The van der Waals surface area contributed by atoms with Crippen molar-refractivity contribution in [1.29, 1.82) is 0 Å². The molecule has 176 valence electrons. The maximum atomic E-state index is 13.2. The highest BCUT2D eigenvalue weighted by molar-refractivity contribution is 6.05. The molecule has 4 rings (SSSR count). The van der Waals surface area contributed by atoms with Gasteiger partial charge < -0.3 is 15.4 Å². The van der Waals surface area contributed by atoms with Crippen LogP contribution in [0.4, 0.5) is 18.9 Å². The Hall–Kier alpha value is -2.87. The van der Waals surface area contributed by atoms with E-state index in [9.17, 15) is 22.8 Å². The van der Waals surface area contributed by atoms with Gasteiger partial charge >= 0.3 is 6.36 Å². The molecule has 2 saturated heterocycles. The van der Waals surface area contributed by atoms with Crippen LogP contribution >= 0.6 is 0 Å². The van der Waals surface area contributed by atoms with Gasteiger partial charge in [-0.1, -0.05) is 13.8 Å². The predicted molar refractivity (Wildman–Crippen MR) is 118 cm³/mol. The largest absolute Gasteiger partial charge is 0.573 e. The van der Waals surface area contributed by atoms with Crippen molar-refractivity contribution in [2.45, 2.75) is 58.0 Å². The van der Waals surface area contributed by atoms with E-state index in [1.165, 1.54) is 12.1 Å². The van der Waals surface area contributed by atoms with Crippen molar-refractivity contribution in [3.8, 4) is 5.75 Å². The molecular weight excluding hydrogens is 433 g/mol. The number of anilines is 1. The number of nitrogens with one attached hydrogen (secondary N) is 2. The van der Waals surface area contributed by atoms with E-state index in [4.69, 9.17) is 0 Å². The first-order valence-electron chi connectivity index (χ1n) is 10.9. The van der Waals surface area contributed by atoms with Crippen LogP contribution in [0.25, 0.3) is 0 Å². The Morgan fingerprint density at radius 3 is 2.18 bits per heavy atom. The number of benzene rings is 2. The zero-order valence-corrected chi connectivity index (χ0v) is 18.8. The zero-order chi connectivity index (χ0) is 24.0. The Morgan fingerprint density at radius 2 is 1.58 bits per heavy atom. The minimum atomic E-state index is -4.79. The lowest BCUT2D eigenvalue weighted by Crippen LogP contribution is -2.50. The number of carbonyl (C=O) groups excluding carboxylic acids is 2. The molecule has 0 spiro atoms. The third kappa shape index (κ3) is 5.38. The fourth-order valence-corrected chi connectivity index (χ4v) is 5.49. The van der Waals surface area contributed by atoms with Crippen molar-refractivity contribution in [3.05, 3.63) is 59.7 Å². The molecule has 0 radical (unpaired) electrons. The molecule has 1 amide bonds. The summed E-state index contributed by atoms with van der Waals surface area (Å²) in [6.07, 6.45) is -1.98. The number of halogens is 3. The Labute approximate surface area is 190 Å². The van der Waals surface area contributed by atoms with Crippen molar-refractivity contribution in [2.24, 2.45) is 11.3 Å². The van der Waals surface area contributed by atoms with Gasteiger partial charge in [0.2, 0.25) is 0 Å². The molecule has 2 aromatic carbocycles. The predicted octanol–water partition coefficient (Wildman–Crippen LogP) is 5.58. The number of fused-ring (bicyclic) bond motifs is 2. The maximum absolute atomic E-state index is 13.2. The minimum absolute atomic E-state index is 0.0264. The molecule has 2 aliphatic heterocycles. The molecule has 0 saturated carbocycles. The van der Waals surface area contributed by atoms with Crippen LogP contribution < -0.4 is 15.4 Å². The summed E-state index contributed by atoms with van der Waals surface area (Å²) in [7, 11) is 0. The number of ketones is 1. The van der Waals surface area contributed by atoms with Gasteiger partial charge in [0.15, 0.2) is 5.78 Å². The molecule has 0 aromatic heterocycles. The van der Waals surface area contributed by atoms with Crippen molar-refractivity contribution >= 4 is 17.4 Å². The van der Waals surface area contributed by atoms with Crippen molar-refractivity contribution in [3.63, 3.8) is 0 Å². The number of carbonyl (C=O) groups is 2. The molecule has 2 aromatic rings. The fraction of sp³-hybridized carbons (Fsp3) is 0.440. The number of rotatable bonds is 5. The Morgan fingerprint density at radius 1 is 0.970 bits per heavy atom. The summed E-state index contributed by atoms with van der Waals surface area (Å²) in [5, 5.41) is 6.34. The molecule has 3 unspecified atom stereocenters. The van der Waals surface area contributed by atoms with Crippen molar-refractivity contribution in [1.82, 2.24) is 5.32 Å². The molecule has 8 heteroatoms. The van der Waals surface area contributed by atoms with Gasteiger partial charge in [-0.25, -0.2) is 0 Å². The highest BCUT2D eigenvalue weighted by Gasteiger charge is 2.52. The summed E-state index contributed by atoms with van der Waals surface area (Å²) in [5.41, 5.74) is 1.45. The number of Topliss-reactive ketones (excluding diaryl/α,β-unsaturated/α-hetero) is 1. The van der Waals surface area contributed by atoms with Crippen LogP contribution in [-0.4, -0.2) is 29.6 Å². The summed E-state index contributed by atoms with van der Waals surface area (Å²) >= 11 is 0. The molecule has 5 nitrogen and oxygen atoms in total. The second kappa shape index (κ2) is 8.17. The van der Waals surface area contributed by atoms with E-state index >= 15 is 0 Å². The van der Waals surface area contributed by atoms with E-state index < -0.39 is 18.0 Å². The quantitative estimate of drug-likeness (QED) is 0.572. The second-order valence-electron chi connectivity index (χ2n) is 10.1. The lowest BCUT2D eigenvalue weighted by Gasteiger charge is -2.41. The Balaban J connectivity index is 1.39. The summed E-state index contributed by atoms with van der Waals surface area (Å²) in [6, 6.07) is 11.6. The number of amides is 1. The number of piperidine rings is 1. The van der Waals surface area contributed by atoms with E-state index in [1.54, 1.807) is 24.3 Å². The van der Waals surface area contributed by atoms with Crippen LogP contribution in [-0.2, 0) is 0 Å². The number of hydrogen-bond acceptors (Lipinski definition) is 4. The standard InChI is InChI=1S/C25H27F3N2O3/c1-23(2)13-20-19(12-24(3,14-23)30-20)21(31)15-4-8-17(9-5-15)29-22(32)16-6-10-18(11-7-16)33-25(26,27)28/h4-11,19-20,30H,12-14H2,1-3H3,(H,29,32). The molecule has 33 heavy (non-hydrogen) atoms. The monoisotopic (exact) mass is 460 g/mol. The van der Waals surface area contributed by atoms with Gasteiger partial charge in [-0.2, -0.15) is 0 Å². The number of ether oxygens (including phenoxy) is 1. The Kier molecular flexibility index (Phi) is 5.76. The molecule has 2 aliphatic rings. The minimum Gasteiger partial charge on any atom is -0.406 e. The fourth-order valence-electron chi connectivity index (χ4n) is 5.49.